The van der Waals surface area contributed by atoms with E-state index < -0.39 is 0 Å². The van der Waals surface area contributed by atoms with Gasteiger partial charge in [-0.15, -0.1) is 0 Å². The number of ether oxygens (including phenoxy) is 1. The molecular formula is C22H23NO2. The molecule has 2 aromatic carbocycles. The summed E-state index contributed by atoms with van der Waals surface area (Å²) in [5, 5.41) is 8.79. The Morgan fingerprint density at radius 2 is 1.84 bits per heavy atom. The standard InChI is InChI=1S/C22H23NO2/c1-2-3-16-4-7-20(14-16)18-8-10-19(11-9-18)22(24)25-21-12-5-17(15-23)6-13-21/h5-6,8-13,16,20H,2-4,7,14H2,1H3/t16-,20-/m0/s1. The Balaban J connectivity index is 1.61. The van der Waals surface area contributed by atoms with E-state index in [-0.39, 0.29) is 5.97 Å². The van der Waals surface area contributed by atoms with E-state index in [1.54, 1.807) is 24.3 Å². The van der Waals surface area contributed by atoms with Gasteiger partial charge >= 0.3 is 5.97 Å². The third kappa shape index (κ3) is 4.28. The van der Waals surface area contributed by atoms with E-state index in [1.165, 1.54) is 37.7 Å². The van der Waals surface area contributed by atoms with E-state index in [1.807, 2.05) is 18.2 Å². The van der Waals surface area contributed by atoms with Gasteiger partial charge in [-0.25, -0.2) is 4.79 Å². The Morgan fingerprint density at radius 3 is 2.48 bits per heavy atom. The smallest absolute Gasteiger partial charge is 0.343 e. The van der Waals surface area contributed by atoms with E-state index in [4.69, 9.17) is 10.00 Å². The van der Waals surface area contributed by atoms with Crippen LogP contribution in [0.3, 0.4) is 0 Å². The Morgan fingerprint density at radius 1 is 1.12 bits per heavy atom. The molecular weight excluding hydrogens is 310 g/mol. The zero-order valence-corrected chi connectivity index (χ0v) is 14.6. The van der Waals surface area contributed by atoms with E-state index >= 15 is 0 Å². The average molecular weight is 333 g/mol. The van der Waals surface area contributed by atoms with Gasteiger partial charge in [-0.1, -0.05) is 31.9 Å². The van der Waals surface area contributed by atoms with Gasteiger partial charge in [-0.2, -0.15) is 5.26 Å². The first-order chi connectivity index (χ1) is 12.2. The summed E-state index contributed by atoms with van der Waals surface area (Å²) in [5.41, 5.74) is 2.42. The van der Waals surface area contributed by atoms with Gasteiger partial charge in [-0.3, -0.25) is 0 Å². The maximum atomic E-state index is 12.3. The lowest BCUT2D eigenvalue weighted by Crippen LogP contribution is -2.08. The highest BCUT2D eigenvalue weighted by Crippen LogP contribution is 2.40. The van der Waals surface area contributed by atoms with Crippen LogP contribution in [0.1, 0.15) is 66.4 Å². The van der Waals surface area contributed by atoms with Crippen molar-refractivity contribution in [2.24, 2.45) is 5.92 Å². The molecule has 1 fully saturated rings. The summed E-state index contributed by atoms with van der Waals surface area (Å²) in [4.78, 5) is 12.3. The number of hydrogen-bond acceptors (Lipinski definition) is 3. The molecule has 128 valence electrons. The van der Waals surface area contributed by atoms with Gasteiger partial charge in [0.05, 0.1) is 17.2 Å². The largest absolute Gasteiger partial charge is 0.423 e. The minimum Gasteiger partial charge on any atom is -0.423 e. The van der Waals surface area contributed by atoms with Crippen LogP contribution < -0.4 is 4.74 Å². The van der Waals surface area contributed by atoms with Crippen LogP contribution in [-0.2, 0) is 0 Å². The van der Waals surface area contributed by atoms with Crippen molar-refractivity contribution < 1.29 is 9.53 Å². The summed E-state index contributed by atoms with van der Waals surface area (Å²) in [5.74, 6) is 1.56. The third-order valence-electron chi connectivity index (χ3n) is 5.05. The van der Waals surface area contributed by atoms with Crippen LogP contribution in [0.4, 0.5) is 0 Å². The van der Waals surface area contributed by atoms with Crippen molar-refractivity contribution in [1.82, 2.24) is 0 Å². The summed E-state index contributed by atoms with van der Waals surface area (Å²) in [6.45, 7) is 2.25. The zero-order valence-electron chi connectivity index (χ0n) is 14.6. The van der Waals surface area contributed by atoms with E-state index in [0.29, 0.717) is 22.8 Å². The molecule has 1 saturated carbocycles. The lowest BCUT2D eigenvalue weighted by Gasteiger charge is -2.12. The number of benzene rings is 2. The predicted octanol–water partition coefficient (Wildman–Crippen LogP) is 5.46. The number of nitriles is 1. The first-order valence-corrected chi connectivity index (χ1v) is 9.02. The molecule has 3 rings (SSSR count). The Kier molecular flexibility index (Phi) is 5.50. The second-order valence-corrected chi connectivity index (χ2v) is 6.81. The molecule has 0 N–H and O–H groups in total. The fourth-order valence-corrected chi connectivity index (χ4v) is 3.70. The van der Waals surface area contributed by atoms with Crippen LogP contribution in [0.5, 0.6) is 5.75 Å². The quantitative estimate of drug-likeness (QED) is 0.539. The van der Waals surface area contributed by atoms with Gasteiger partial charge in [0.2, 0.25) is 0 Å². The Labute approximate surface area is 149 Å². The van der Waals surface area contributed by atoms with Crippen LogP contribution >= 0.6 is 0 Å². The van der Waals surface area contributed by atoms with Crippen molar-refractivity contribution >= 4 is 5.97 Å². The first kappa shape index (κ1) is 17.2. The number of rotatable bonds is 5. The van der Waals surface area contributed by atoms with Crippen molar-refractivity contribution in [2.75, 3.05) is 0 Å². The van der Waals surface area contributed by atoms with Crippen LogP contribution in [0, 0.1) is 17.2 Å². The number of carbonyl (C=O) groups excluding carboxylic acids is 1. The first-order valence-electron chi connectivity index (χ1n) is 9.02. The van der Waals surface area contributed by atoms with Gasteiger partial charge in [0.25, 0.3) is 0 Å². The maximum Gasteiger partial charge on any atom is 0.343 e. The minimum atomic E-state index is -0.369. The van der Waals surface area contributed by atoms with Gasteiger partial charge < -0.3 is 4.74 Å². The number of nitrogens with zero attached hydrogens (tertiary/aromatic N) is 1. The van der Waals surface area contributed by atoms with Gasteiger partial charge in [-0.05, 0) is 73.1 Å². The molecule has 0 amide bonds. The highest BCUT2D eigenvalue weighted by molar-refractivity contribution is 5.91. The summed E-state index contributed by atoms with van der Waals surface area (Å²) < 4.78 is 5.37. The molecule has 0 aromatic heterocycles. The molecule has 0 spiro atoms. The number of esters is 1. The second-order valence-electron chi connectivity index (χ2n) is 6.81. The molecule has 0 bridgehead atoms. The van der Waals surface area contributed by atoms with Crippen LogP contribution in [-0.4, -0.2) is 5.97 Å². The third-order valence-corrected chi connectivity index (χ3v) is 5.05. The Hall–Kier alpha value is -2.60. The van der Waals surface area contributed by atoms with Crippen LogP contribution in [0.2, 0.25) is 0 Å². The molecule has 0 radical (unpaired) electrons. The monoisotopic (exact) mass is 333 g/mol. The van der Waals surface area contributed by atoms with Crippen molar-refractivity contribution in [3.63, 3.8) is 0 Å². The van der Waals surface area contributed by atoms with E-state index in [2.05, 4.69) is 19.1 Å². The average Bonchev–Trinajstić information content (AvgIpc) is 3.11. The molecule has 25 heavy (non-hydrogen) atoms. The van der Waals surface area contributed by atoms with Gasteiger partial charge in [0.15, 0.2) is 0 Å². The molecule has 2 atom stereocenters. The van der Waals surface area contributed by atoms with Crippen LogP contribution in [0.15, 0.2) is 48.5 Å². The predicted molar refractivity (Wildman–Crippen MR) is 97.5 cm³/mol. The molecule has 0 unspecified atom stereocenters. The Bertz CT molecular complexity index is 756. The summed E-state index contributed by atoms with van der Waals surface area (Å²) in [6, 6.07) is 16.4. The van der Waals surface area contributed by atoms with E-state index in [0.717, 1.165) is 5.92 Å². The topological polar surface area (TPSA) is 50.1 Å². The number of carbonyl (C=O) groups is 1. The lowest BCUT2D eigenvalue weighted by molar-refractivity contribution is 0.0734. The molecule has 0 aliphatic heterocycles. The molecule has 1 aliphatic carbocycles. The lowest BCUT2D eigenvalue weighted by atomic mass is 9.94. The SMILES string of the molecule is CCC[C@H]1CC[C@H](c2ccc(C(=O)Oc3ccc(C#N)cc3)cc2)C1. The van der Waals surface area contributed by atoms with Crippen molar-refractivity contribution in [2.45, 2.75) is 44.9 Å². The van der Waals surface area contributed by atoms with Crippen molar-refractivity contribution in [3.05, 3.63) is 65.2 Å². The van der Waals surface area contributed by atoms with Gasteiger partial charge in [0, 0.05) is 0 Å². The second kappa shape index (κ2) is 7.98. The highest BCUT2D eigenvalue weighted by Gasteiger charge is 2.25. The zero-order chi connectivity index (χ0) is 17.6. The normalized spacial score (nSPS) is 19.4. The number of hydrogen-bond donors (Lipinski definition) is 0. The van der Waals surface area contributed by atoms with Gasteiger partial charge in [0.1, 0.15) is 5.75 Å². The summed E-state index contributed by atoms with van der Waals surface area (Å²) >= 11 is 0. The van der Waals surface area contributed by atoms with Crippen molar-refractivity contribution in [3.8, 4) is 11.8 Å². The molecule has 1 aliphatic rings. The van der Waals surface area contributed by atoms with Crippen LogP contribution in [0.25, 0.3) is 0 Å². The van der Waals surface area contributed by atoms with E-state index in [9.17, 15) is 4.79 Å². The molecule has 3 nitrogen and oxygen atoms in total. The molecule has 0 heterocycles. The highest BCUT2D eigenvalue weighted by atomic mass is 16.5. The fourth-order valence-electron chi connectivity index (χ4n) is 3.70. The molecule has 2 aromatic rings. The molecule has 3 heteroatoms. The fraction of sp³-hybridized carbons (Fsp3) is 0.364. The maximum absolute atomic E-state index is 12.3. The molecule has 0 saturated heterocycles. The summed E-state index contributed by atoms with van der Waals surface area (Å²) in [7, 11) is 0. The minimum absolute atomic E-state index is 0.369. The summed E-state index contributed by atoms with van der Waals surface area (Å²) in [6.07, 6.45) is 6.42. The van der Waals surface area contributed by atoms with Crippen molar-refractivity contribution in [1.29, 1.82) is 5.26 Å².